The summed E-state index contributed by atoms with van der Waals surface area (Å²) in [7, 11) is 2.22. The van der Waals surface area contributed by atoms with E-state index in [1.165, 1.54) is 4.90 Å². The van der Waals surface area contributed by atoms with Crippen LogP contribution in [0.1, 0.15) is 15.9 Å². The average molecular weight is 470 g/mol. The number of fused-ring (bicyclic) bond motifs is 3. The van der Waals surface area contributed by atoms with E-state index < -0.39 is 0 Å². The number of benzene rings is 3. The van der Waals surface area contributed by atoms with E-state index in [4.69, 9.17) is 14.0 Å². The van der Waals surface area contributed by atoms with Gasteiger partial charge in [0.15, 0.2) is 23.0 Å². The first-order valence-corrected chi connectivity index (χ1v) is 12.0. The SMILES string of the molecule is C[NH+]1CCN(c2cc(Nc3ccc4c(c3)OCCO4)c3c4c(onc24)-c2ccccc2C3=O)CC1. The van der Waals surface area contributed by atoms with Gasteiger partial charge in [0.1, 0.15) is 18.7 Å². The van der Waals surface area contributed by atoms with Gasteiger partial charge in [-0.15, -0.1) is 0 Å². The number of piperazine rings is 1. The van der Waals surface area contributed by atoms with Gasteiger partial charge in [0.05, 0.1) is 55.6 Å². The number of ether oxygens (including phenoxy) is 2. The van der Waals surface area contributed by atoms with Gasteiger partial charge >= 0.3 is 0 Å². The molecule has 35 heavy (non-hydrogen) atoms. The molecule has 3 heterocycles. The molecule has 0 radical (unpaired) electrons. The normalized spacial score (nSPS) is 16.9. The van der Waals surface area contributed by atoms with Crippen molar-refractivity contribution in [1.29, 1.82) is 0 Å². The number of anilines is 3. The number of carbonyl (C=O) groups excluding carboxylic acids is 1. The van der Waals surface area contributed by atoms with E-state index >= 15 is 0 Å². The second-order valence-electron chi connectivity index (χ2n) is 9.36. The van der Waals surface area contributed by atoms with Crippen LogP contribution in [0.25, 0.3) is 22.2 Å². The molecule has 3 aromatic carbocycles. The lowest BCUT2D eigenvalue weighted by molar-refractivity contribution is -0.880. The highest BCUT2D eigenvalue weighted by Crippen LogP contribution is 2.46. The summed E-state index contributed by atoms with van der Waals surface area (Å²) in [4.78, 5) is 17.7. The predicted octanol–water partition coefficient (Wildman–Crippen LogP) is 2.89. The molecule has 176 valence electrons. The molecule has 1 saturated heterocycles. The van der Waals surface area contributed by atoms with E-state index in [2.05, 4.69) is 22.4 Å². The number of carbonyl (C=O) groups is 1. The molecule has 0 bridgehead atoms. The summed E-state index contributed by atoms with van der Waals surface area (Å²) >= 11 is 0. The smallest absolute Gasteiger partial charge is 0.196 e. The van der Waals surface area contributed by atoms with E-state index in [0.717, 1.165) is 65.5 Å². The van der Waals surface area contributed by atoms with Gasteiger partial charge in [-0.3, -0.25) is 4.79 Å². The molecule has 1 fully saturated rings. The van der Waals surface area contributed by atoms with E-state index in [0.29, 0.717) is 35.9 Å². The average Bonchev–Trinajstić information content (AvgIpc) is 3.33. The fourth-order valence-electron chi connectivity index (χ4n) is 5.29. The maximum Gasteiger partial charge on any atom is 0.196 e. The monoisotopic (exact) mass is 469 g/mol. The second-order valence-corrected chi connectivity index (χ2v) is 9.36. The van der Waals surface area contributed by atoms with Crippen LogP contribution in [0.3, 0.4) is 0 Å². The first-order valence-electron chi connectivity index (χ1n) is 12.0. The van der Waals surface area contributed by atoms with Crippen molar-refractivity contribution in [2.75, 3.05) is 56.7 Å². The Morgan fingerprint density at radius 3 is 2.57 bits per heavy atom. The van der Waals surface area contributed by atoms with Gasteiger partial charge < -0.3 is 29.1 Å². The minimum atomic E-state index is -0.0317. The lowest BCUT2D eigenvalue weighted by atomic mass is 9.86. The Hall–Kier alpha value is -4.04. The molecule has 8 nitrogen and oxygen atoms in total. The van der Waals surface area contributed by atoms with Crippen molar-refractivity contribution in [1.82, 2.24) is 5.16 Å². The molecule has 8 heteroatoms. The topological polar surface area (TPSA) is 81.3 Å². The summed E-state index contributed by atoms with van der Waals surface area (Å²) in [6, 6.07) is 15.4. The molecule has 2 aliphatic heterocycles. The van der Waals surface area contributed by atoms with Gasteiger partial charge in [-0.1, -0.05) is 29.4 Å². The number of aromatic nitrogens is 1. The maximum atomic E-state index is 13.8. The standard InChI is InChI=1S/C27H24N4O4/c1-30-8-10-31(11-9-30)20-15-19(28-16-6-7-21-22(14-16)34-13-12-33-21)23-24-25(20)29-35-27(24)18-5-3-2-4-17(18)26(23)32/h2-7,14-15,28H,8-13H2,1H3/p+1. The van der Waals surface area contributed by atoms with Gasteiger partial charge in [-0.25, -0.2) is 0 Å². The van der Waals surface area contributed by atoms with Crippen molar-refractivity contribution < 1.29 is 23.7 Å². The van der Waals surface area contributed by atoms with Crippen LogP contribution in [-0.2, 0) is 0 Å². The Kier molecular flexibility index (Phi) is 4.50. The van der Waals surface area contributed by atoms with Crippen molar-refractivity contribution in [2.24, 2.45) is 0 Å². The van der Waals surface area contributed by atoms with E-state index in [1.54, 1.807) is 0 Å². The summed E-state index contributed by atoms with van der Waals surface area (Å²) in [5.41, 5.74) is 5.29. The Labute approximate surface area is 202 Å². The first-order chi connectivity index (χ1) is 17.2. The summed E-state index contributed by atoms with van der Waals surface area (Å²) in [5.74, 6) is 2.04. The van der Waals surface area contributed by atoms with Crippen molar-refractivity contribution >= 4 is 33.7 Å². The molecular formula is C27H25N4O4+. The number of likely N-dealkylation sites (N-methyl/N-ethyl adjacent to an activating group) is 1. The highest BCUT2D eigenvalue weighted by atomic mass is 16.6. The largest absolute Gasteiger partial charge is 0.486 e. The molecule has 1 aromatic heterocycles. The number of rotatable bonds is 3. The minimum Gasteiger partial charge on any atom is -0.486 e. The van der Waals surface area contributed by atoms with Crippen LogP contribution in [0, 0.1) is 0 Å². The van der Waals surface area contributed by atoms with Crippen LogP contribution < -0.4 is 24.6 Å². The van der Waals surface area contributed by atoms with E-state index in [1.807, 2.05) is 48.5 Å². The molecule has 0 amide bonds. The molecule has 4 aromatic rings. The molecule has 0 atom stereocenters. The van der Waals surface area contributed by atoms with Gasteiger partial charge in [0, 0.05) is 22.9 Å². The quantitative estimate of drug-likeness (QED) is 0.421. The predicted molar refractivity (Wildman–Crippen MR) is 132 cm³/mol. The Bertz CT molecular complexity index is 1490. The van der Waals surface area contributed by atoms with Crippen molar-refractivity contribution in [3.63, 3.8) is 0 Å². The molecule has 2 N–H and O–H groups in total. The summed E-state index contributed by atoms with van der Waals surface area (Å²) in [6.07, 6.45) is 0. The lowest BCUT2D eigenvalue weighted by Gasteiger charge is -2.32. The van der Waals surface area contributed by atoms with Crippen LogP contribution in [0.2, 0.25) is 0 Å². The number of hydrogen-bond donors (Lipinski definition) is 2. The zero-order chi connectivity index (χ0) is 23.5. The summed E-state index contributed by atoms with van der Waals surface area (Å²) < 4.78 is 17.4. The third kappa shape index (κ3) is 3.17. The zero-order valence-corrected chi connectivity index (χ0v) is 19.4. The van der Waals surface area contributed by atoms with Crippen LogP contribution >= 0.6 is 0 Å². The first kappa shape index (κ1) is 20.3. The molecule has 0 unspecified atom stereocenters. The van der Waals surface area contributed by atoms with E-state index in [9.17, 15) is 4.79 Å². The fourth-order valence-corrected chi connectivity index (χ4v) is 5.29. The lowest BCUT2D eigenvalue weighted by Crippen LogP contribution is -3.12. The van der Waals surface area contributed by atoms with Crippen LogP contribution in [0.4, 0.5) is 17.1 Å². The van der Waals surface area contributed by atoms with Crippen LogP contribution in [0.15, 0.2) is 53.1 Å². The van der Waals surface area contributed by atoms with Gasteiger partial charge in [0.25, 0.3) is 0 Å². The number of hydrogen-bond acceptors (Lipinski definition) is 7. The number of ketones is 1. The summed E-state index contributed by atoms with van der Waals surface area (Å²) in [6.45, 7) is 4.97. The van der Waals surface area contributed by atoms with Crippen LogP contribution in [-0.4, -0.2) is 57.4 Å². The Morgan fingerprint density at radius 1 is 0.971 bits per heavy atom. The van der Waals surface area contributed by atoms with Gasteiger partial charge in [-0.2, -0.15) is 0 Å². The second kappa shape index (κ2) is 7.74. The fraction of sp³-hybridized carbons (Fsp3) is 0.259. The van der Waals surface area contributed by atoms with Crippen molar-refractivity contribution in [3.8, 4) is 22.8 Å². The molecule has 7 rings (SSSR count). The highest BCUT2D eigenvalue weighted by molar-refractivity contribution is 6.28. The minimum absolute atomic E-state index is 0.0317. The van der Waals surface area contributed by atoms with Gasteiger partial charge in [-0.05, 0) is 18.2 Å². The van der Waals surface area contributed by atoms with Gasteiger partial charge in [0.2, 0.25) is 0 Å². The van der Waals surface area contributed by atoms with Crippen molar-refractivity contribution in [2.45, 2.75) is 0 Å². The zero-order valence-electron chi connectivity index (χ0n) is 19.4. The maximum absolute atomic E-state index is 13.8. The number of quaternary nitrogens is 1. The summed E-state index contributed by atoms with van der Waals surface area (Å²) in [5, 5.41) is 8.77. The van der Waals surface area contributed by atoms with Crippen molar-refractivity contribution in [3.05, 3.63) is 59.7 Å². The van der Waals surface area contributed by atoms with E-state index in [-0.39, 0.29) is 5.78 Å². The molecular weight excluding hydrogens is 444 g/mol. The molecule has 1 aliphatic carbocycles. The molecule has 3 aliphatic rings. The molecule has 0 saturated carbocycles. The number of nitrogens with one attached hydrogen (secondary N) is 2. The number of nitrogens with zero attached hydrogens (tertiary/aromatic N) is 2. The third-order valence-electron chi connectivity index (χ3n) is 7.16. The highest BCUT2D eigenvalue weighted by Gasteiger charge is 2.34. The Morgan fingerprint density at radius 2 is 1.74 bits per heavy atom. The van der Waals surface area contributed by atoms with Crippen LogP contribution in [0.5, 0.6) is 11.5 Å². The molecule has 0 spiro atoms. The Balaban J connectivity index is 1.42. The third-order valence-corrected chi connectivity index (χ3v) is 7.16.